The third kappa shape index (κ3) is 3.92. The van der Waals surface area contributed by atoms with Gasteiger partial charge in [0.2, 0.25) is 11.6 Å². The molecule has 136 valence electrons. The maximum Gasteiger partial charge on any atom is 0.271 e. The largest absolute Gasteiger partial charge is 0.377 e. The molecule has 0 atom stereocenters. The van der Waals surface area contributed by atoms with Gasteiger partial charge in [0.15, 0.2) is 0 Å². The van der Waals surface area contributed by atoms with E-state index in [4.69, 9.17) is 0 Å². The van der Waals surface area contributed by atoms with Crippen LogP contribution < -0.4 is 10.0 Å². The van der Waals surface area contributed by atoms with Crippen molar-refractivity contribution in [3.63, 3.8) is 0 Å². The number of allylic oxidation sites excluding steroid dienone is 5. The van der Waals surface area contributed by atoms with Crippen LogP contribution in [0, 0.1) is 0 Å². The minimum Gasteiger partial charge on any atom is -0.377 e. The Bertz CT molecular complexity index is 949. The molecule has 0 aromatic carbocycles. The van der Waals surface area contributed by atoms with Crippen molar-refractivity contribution in [1.82, 2.24) is 10.0 Å². The first-order valence-electron chi connectivity index (χ1n) is 7.58. The quantitative estimate of drug-likeness (QED) is 0.403. The summed E-state index contributed by atoms with van der Waals surface area (Å²) in [5.41, 5.74) is -0.0653. The number of hydrogen-bond donors (Lipinski definition) is 2. The van der Waals surface area contributed by atoms with E-state index < -0.39 is 21.6 Å². The summed E-state index contributed by atoms with van der Waals surface area (Å²) < 4.78 is 27.3. The Morgan fingerprint density at radius 2 is 1.92 bits per heavy atom. The molecule has 0 amide bonds. The molecule has 2 N–H and O–H groups in total. The highest BCUT2D eigenvalue weighted by molar-refractivity contribution is 7.91. The van der Waals surface area contributed by atoms with Crippen LogP contribution >= 0.6 is 11.3 Å². The van der Waals surface area contributed by atoms with Gasteiger partial charge in [0.1, 0.15) is 15.6 Å². The lowest BCUT2D eigenvalue weighted by atomic mass is 9.91. The van der Waals surface area contributed by atoms with Crippen LogP contribution in [-0.2, 0) is 19.6 Å². The van der Waals surface area contributed by atoms with E-state index in [9.17, 15) is 18.0 Å². The van der Waals surface area contributed by atoms with Crippen molar-refractivity contribution in [3.8, 4) is 0 Å². The normalized spacial score (nSPS) is 15.6. The Balaban J connectivity index is 2.53. The lowest BCUT2D eigenvalue weighted by Gasteiger charge is -2.22. The molecule has 1 aromatic heterocycles. The molecule has 1 aromatic rings. The molecule has 1 aliphatic rings. The van der Waals surface area contributed by atoms with Crippen molar-refractivity contribution in [2.75, 3.05) is 6.54 Å². The van der Waals surface area contributed by atoms with E-state index in [-0.39, 0.29) is 33.3 Å². The second-order valence-corrected chi connectivity index (χ2v) is 8.11. The molecule has 0 radical (unpaired) electrons. The molecule has 0 aliphatic heterocycles. The number of sulfonamides is 1. The maximum atomic E-state index is 12.8. The molecule has 0 saturated heterocycles. The minimum absolute atomic E-state index is 0.0484. The molecular formula is C18H18N2O4S2. The van der Waals surface area contributed by atoms with Gasteiger partial charge in [-0.25, -0.2) is 8.42 Å². The van der Waals surface area contributed by atoms with Gasteiger partial charge in [0.05, 0.1) is 0 Å². The SMILES string of the molecule is C=C/C=C\C1=C(C)C(=O)C(NS(=O)(=O)c2cccs2)=C(NCC=C)C1=O. The van der Waals surface area contributed by atoms with Crippen LogP contribution in [0.4, 0.5) is 0 Å². The molecule has 1 heterocycles. The Hall–Kier alpha value is -2.71. The van der Waals surface area contributed by atoms with E-state index in [1.54, 1.807) is 11.4 Å². The summed E-state index contributed by atoms with van der Waals surface area (Å²) >= 11 is 1.01. The van der Waals surface area contributed by atoms with Gasteiger partial charge in [-0.1, -0.05) is 36.9 Å². The first-order chi connectivity index (χ1) is 12.3. The highest BCUT2D eigenvalue weighted by atomic mass is 32.2. The standard InChI is InChI=1S/C18H18N2O4S2/c1-4-6-8-13-12(3)17(21)16(15(18(13)22)19-10-5-2)20-26(23,24)14-9-7-11-25-14/h4-9,11,19-20H,1-2,10H2,3H3/b8-6-. The van der Waals surface area contributed by atoms with Crippen molar-refractivity contribution in [3.05, 3.63) is 77.5 Å². The second kappa shape index (κ2) is 8.11. The second-order valence-electron chi connectivity index (χ2n) is 5.25. The van der Waals surface area contributed by atoms with Gasteiger partial charge in [-0.15, -0.1) is 17.9 Å². The van der Waals surface area contributed by atoms with Crippen LogP contribution in [0.3, 0.4) is 0 Å². The zero-order valence-corrected chi connectivity index (χ0v) is 15.7. The van der Waals surface area contributed by atoms with Gasteiger partial charge in [-0.3, -0.25) is 14.3 Å². The highest BCUT2D eigenvalue weighted by Crippen LogP contribution is 2.25. The monoisotopic (exact) mass is 390 g/mol. The summed E-state index contributed by atoms with van der Waals surface area (Å²) in [5.74, 6) is -1.05. The molecule has 26 heavy (non-hydrogen) atoms. The van der Waals surface area contributed by atoms with E-state index in [0.717, 1.165) is 11.3 Å². The average molecular weight is 390 g/mol. The number of Topliss-reactive ketones (excluding diaryl/α,β-unsaturated/α-hetero) is 2. The third-order valence-corrected chi connectivity index (χ3v) is 6.26. The fourth-order valence-corrected chi connectivity index (χ4v) is 4.32. The van der Waals surface area contributed by atoms with Crippen molar-refractivity contribution >= 4 is 32.9 Å². The van der Waals surface area contributed by atoms with E-state index in [1.807, 2.05) is 0 Å². The molecule has 6 nitrogen and oxygen atoms in total. The number of carbonyl (C=O) groups excluding carboxylic acids is 2. The minimum atomic E-state index is -3.97. The first-order valence-corrected chi connectivity index (χ1v) is 9.94. The summed E-state index contributed by atoms with van der Waals surface area (Å²) in [4.78, 5) is 25.5. The maximum absolute atomic E-state index is 12.8. The van der Waals surface area contributed by atoms with Gasteiger partial charge in [0.25, 0.3) is 10.0 Å². The van der Waals surface area contributed by atoms with E-state index in [0.29, 0.717) is 0 Å². The van der Waals surface area contributed by atoms with Crippen LogP contribution in [-0.4, -0.2) is 26.5 Å². The predicted molar refractivity (Wildman–Crippen MR) is 102 cm³/mol. The van der Waals surface area contributed by atoms with Crippen LogP contribution in [0.2, 0.25) is 0 Å². The molecule has 0 spiro atoms. The molecule has 0 bridgehead atoms. The smallest absolute Gasteiger partial charge is 0.271 e. The molecule has 0 fully saturated rings. The van der Waals surface area contributed by atoms with Gasteiger partial charge in [-0.2, -0.15) is 0 Å². The molecular weight excluding hydrogens is 372 g/mol. The number of carbonyl (C=O) groups is 2. The molecule has 0 unspecified atom stereocenters. The lowest BCUT2D eigenvalue weighted by Crippen LogP contribution is -2.38. The number of rotatable bonds is 8. The third-order valence-electron chi connectivity index (χ3n) is 3.51. The van der Waals surface area contributed by atoms with Crippen LogP contribution in [0.25, 0.3) is 0 Å². The summed E-state index contributed by atoms with van der Waals surface area (Å²) in [6.45, 7) is 8.76. The van der Waals surface area contributed by atoms with E-state index in [1.165, 1.54) is 37.3 Å². The molecule has 1 aliphatic carbocycles. The van der Waals surface area contributed by atoms with Crippen LogP contribution in [0.1, 0.15) is 6.92 Å². The van der Waals surface area contributed by atoms with Gasteiger partial charge in [-0.05, 0) is 18.4 Å². The van der Waals surface area contributed by atoms with Crippen molar-refractivity contribution in [2.24, 2.45) is 0 Å². The number of hydrogen-bond acceptors (Lipinski definition) is 6. The predicted octanol–water partition coefficient (Wildman–Crippen LogP) is 2.22. The molecule has 0 saturated carbocycles. The van der Waals surface area contributed by atoms with E-state index >= 15 is 0 Å². The fourth-order valence-electron chi connectivity index (χ4n) is 2.25. The van der Waals surface area contributed by atoms with Gasteiger partial charge >= 0.3 is 0 Å². The van der Waals surface area contributed by atoms with Crippen molar-refractivity contribution in [1.29, 1.82) is 0 Å². The lowest BCUT2D eigenvalue weighted by molar-refractivity contribution is -0.116. The van der Waals surface area contributed by atoms with Crippen molar-refractivity contribution < 1.29 is 18.0 Å². The topological polar surface area (TPSA) is 92.3 Å². The van der Waals surface area contributed by atoms with Crippen molar-refractivity contribution in [2.45, 2.75) is 11.1 Å². The average Bonchev–Trinajstić information content (AvgIpc) is 3.15. The van der Waals surface area contributed by atoms with Gasteiger partial charge in [0, 0.05) is 17.7 Å². The molecule has 8 heteroatoms. The zero-order valence-electron chi connectivity index (χ0n) is 14.1. The summed E-state index contributed by atoms with van der Waals surface area (Å²) in [6.07, 6.45) is 5.99. The Morgan fingerprint density at radius 3 is 2.50 bits per heavy atom. The number of ketones is 2. The summed E-state index contributed by atoms with van der Waals surface area (Å²) in [5, 5.41) is 4.38. The Morgan fingerprint density at radius 1 is 1.19 bits per heavy atom. The van der Waals surface area contributed by atoms with E-state index in [2.05, 4.69) is 23.2 Å². The number of thiophene rings is 1. The highest BCUT2D eigenvalue weighted by Gasteiger charge is 2.34. The number of nitrogens with one attached hydrogen (secondary N) is 2. The fraction of sp³-hybridized carbons (Fsp3) is 0.111. The van der Waals surface area contributed by atoms with Crippen LogP contribution in [0.5, 0.6) is 0 Å². The van der Waals surface area contributed by atoms with Crippen LogP contribution in [0.15, 0.2) is 81.7 Å². The summed E-state index contributed by atoms with van der Waals surface area (Å²) in [6, 6.07) is 3.00. The molecule has 2 rings (SSSR count). The summed E-state index contributed by atoms with van der Waals surface area (Å²) in [7, 11) is -3.97. The Labute approximate surface area is 156 Å². The Kier molecular flexibility index (Phi) is 6.12. The van der Waals surface area contributed by atoms with Gasteiger partial charge < -0.3 is 5.32 Å². The zero-order chi connectivity index (χ0) is 19.3. The first kappa shape index (κ1) is 19.6.